The van der Waals surface area contributed by atoms with E-state index in [1.54, 1.807) is 4.68 Å². The van der Waals surface area contributed by atoms with Crippen LogP contribution in [0, 0.1) is 6.92 Å². The van der Waals surface area contributed by atoms with Crippen LogP contribution in [0.5, 0.6) is 0 Å². The number of anilines is 1. The number of urea groups is 1. The number of aromatic nitrogens is 2. The number of benzene rings is 1. The summed E-state index contributed by atoms with van der Waals surface area (Å²) >= 11 is 0. The predicted octanol–water partition coefficient (Wildman–Crippen LogP) is 2.89. The summed E-state index contributed by atoms with van der Waals surface area (Å²) in [6.07, 6.45) is 4.43. The molecule has 0 spiro atoms. The average molecular weight is 341 g/mol. The second-order valence-electron chi connectivity index (χ2n) is 6.72. The van der Waals surface area contributed by atoms with Crippen molar-refractivity contribution >= 4 is 11.7 Å². The van der Waals surface area contributed by atoms with E-state index in [9.17, 15) is 4.79 Å². The molecule has 6 heteroatoms. The van der Waals surface area contributed by atoms with E-state index in [2.05, 4.69) is 38.8 Å². The lowest BCUT2D eigenvalue weighted by molar-refractivity contribution is 0.237. The lowest BCUT2D eigenvalue weighted by Crippen LogP contribution is -2.37. The monoisotopic (exact) mass is 341 g/mol. The molecule has 2 heterocycles. The third-order valence-electron chi connectivity index (χ3n) is 4.74. The van der Waals surface area contributed by atoms with Gasteiger partial charge in [-0.3, -0.25) is 4.68 Å². The van der Waals surface area contributed by atoms with Crippen LogP contribution in [0.2, 0.25) is 0 Å². The van der Waals surface area contributed by atoms with Gasteiger partial charge < -0.3 is 15.5 Å². The number of nitrogens with one attached hydrogen (secondary N) is 2. The molecular weight excluding hydrogens is 314 g/mol. The molecule has 1 aromatic heterocycles. The number of aryl methyl sites for hydroxylation is 2. The third kappa shape index (κ3) is 4.13. The van der Waals surface area contributed by atoms with Gasteiger partial charge in [0.2, 0.25) is 0 Å². The molecule has 1 atom stereocenters. The molecule has 1 fully saturated rings. The first kappa shape index (κ1) is 17.3. The zero-order valence-electron chi connectivity index (χ0n) is 15.2. The summed E-state index contributed by atoms with van der Waals surface area (Å²) in [5, 5.41) is 10.3. The Kier molecular flexibility index (Phi) is 5.26. The molecule has 2 N–H and O–H groups in total. The van der Waals surface area contributed by atoms with Crippen LogP contribution in [-0.4, -0.2) is 28.9 Å². The van der Waals surface area contributed by atoms with Gasteiger partial charge in [-0.25, -0.2) is 4.79 Å². The van der Waals surface area contributed by atoms with Crippen molar-refractivity contribution in [1.82, 2.24) is 20.4 Å². The van der Waals surface area contributed by atoms with Gasteiger partial charge in [-0.1, -0.05) is 18.2 Å². The minimum absolute atomic E-state index is 0.0810. The van der Waals surface area contributed by atoms with Crippen molar-refractivity contribution in [3.8, 4) is 0 Å². The van der Waals surface area contributed by atoms with Gasteiger partial charge in [0.15, 0.2) is 0 Å². The highest BCUT2D eigenvalue weighted by molar-refractivity contribution is 5.74. The second kappa shape index (κ2) is 7.59. The van der Waals surface area contributed by atoms with Crippen molar-refractivity contribution in [2.45, 2.75) is 39.3 Å². The van der Waals surface area contributed by atoms with Gasteiger partial charge in [0.1, 0.15) is 0 Å². The van der Waals surface area contributed by atoms with Crippen LogP contribution in [0.4, 0.5) is 10.5 Å². The van der Waals surface area contributed by atoms with E-state index in [-0.39, 0.29) is 12.1 Å². The van der Waals surface area contributed by atoms with E-state index in [0.717, 1.165) is 29.9 Å². The maximum absolute atomic E-state index is 12.3. The lowest BCUT2D eigenvalue weighted by Gasteiger charge is -2.22. The Balaban J connectivity index is 1.58. The predicted molar refractivity (Wildman–Crippen MR) is 99.6 cm³/mol. The third-order valence-corrected chi connectivity index (χ3v) is 4.74. The molecule has 25 heavy (non-hydrogen) atoms. The number of rotatable bonds is 5. The Bertz CT molecular complexity index is 733. The second-order valence-corrected chi connectivity index (χ2v) is 6.72. The molecule has 0 bridgehead atoms. The normalized spacial score (nSPS) is 15.2. The molecule has 3 rings (SSSR count). The molecule has 0 radical (unpaired) electrons. The SMILES string of the molecule is Cc1nn(C)cc1[C@@H](C)NC(=O)NCc1ccccc1N1CCCC1. The molecule has 2 aromatic rings. The first-order valence-electron chi connectivity index (χ1n) is 8.92. The van der Waals surface area contributed by atoms with E-state index in [0.29, 0.717) is 6.54 Å². The number of para-hydroxylation sites is 1. The molecule has 1 aliphatic heterocycles. The summed E-state index contributed by atoms with van der Waals surface area (Å²) in [6.45, 7) is 6.65. The summed E-state index contributed by atoms with van der Waals surface area (Å²) in [6, 6.07) is 8.07. The molecule has 1 aliphatic rings. The van der Waals surface area contributed by atoms with Crippen LogP contribution in [0.1, 0.15) is 42.6 Å². The van der Waals surface area contributed by atoms with E-state index in [1.165, 1.54) is 18.5 Å². The van der Waals surface area contributed by atoms with Gasteiger partial charge in [-0.05, 0) is 38.3 Å². The zero-order valence-corrected chi connectivity index (χ0v) is 15.2. The van der Waals surface area contributed by atoms with Crippen LogP contribution in [0.15, 0.2) is 30.5 Å². The Morgan fingerprint density at radius 1 is 1.28 bits per heavy atom. The number of hydrogen-bond acceptors (Lipinski definition) is 3. The molecule has 1 aromatic carbocycles. The van der Waals surface area contributed by atoms with Crippen LogP contribution in [0.3, 0.4) is 0 Å². The molecule has 6 nitrogen and oxygen atoms in total. The summed E-state index contributed by atoms with van der Waals surface area (Å²) in [7, 11) is 1.89. The van der Waals surface area contributed by atoms with Crippen molar-refractivity contribution in [2.75, 3.05) is 18.0 Å². The zero-order chi connectivity index (χ0) is 17.8. The van der Waals surface area contributed by atoms with Crippen LogP contribution in [-0.2, 0) is 13.6 Å². The van der Waals surface area contributed by atoms with E-state index in [4.69, 9.17) is 0 Å². The van der Waals surface area contributed by atoms with E-state index < -0.39 is 0 Å². The highest BCUT2D eigenvalue weighted by Crippen LogP contribution is 2.24. The summed E-state index contributed by atoms with van der Waals surface area (Å²) in [4.78, 5) is 14.7. The Labute approximate surface area is 149 Å². The maximum atomic E-state index is 12.3. The fraction of sp³-hybridized carbons (Fsp3) is 0.474. The van der Waals surface area contributed by atoms with Gasteiger partial charge in [-0.2, -0.15) is 5.10 Å². The molecule has 2 amide bonds. The van der Waals surface area contributed by atoms with Gasteiger partial charge in [-0.15, -0.1) is 0 Å². The molecular formula is C19H27N5O. The Hall–Kier alpha value is -2.50. The van der Waals surface area contributed by atoms with Gasteiger partial charge in [0.05, 0.1) is 11.7 Å². The molecule has 0 aliphatic carbocycles. The molecule has 0 saturated carbocycles. The van der Waals surface area contributed by atoms with Crippen LogP contribution < -0.4 is 15.5 Å². The maximum Gasteiger partial charge on any atom is 0.315 e. The first-order valence-corrected chi connectivity index (χ1v) is 8.92. The summed E-state index contributed by atoms with van der Waals surface area (Å²) < 4.78 is 1.77. The smallest absolute Gasteiger partial charge is 0.315 e. The van der Waals surface area contributed by atoms with Gasteiger partial charge >= 0.3 is 6.03 Å². The van der Waals surface area contributed by atoms with Gasteiger partial charge in [0, 0.05) is 44.1 Å². The van der Waals surface area contributed by atoms with Crippen molar-refractivity contribution in [3.63, 3.8) is 0 Å². The molecule has 0 unspecified atom stereocenters. The van der Waals surface area contributed by atoms with Crippen molar-refractivity contribution in [3.05, 3.63) is 47.3 Å². The standard InChI is InChI=1S/C19H27N5O/c1-14(17-13-23(3)22-15(17)2)21-19(25)20-12-16-8-4-5-9-18(16)24-10-6-7-11-24/h4-5,8-9,13-14H,6-7,10-12H2,1-3H3,(H2,20,21,25)/t14-/m1/s1. The number of carbonyl (C=O) groups excluding carboxylic acids is 1. The fourth-order valence-corrected chi connectivity index (χ4v) is 3.47. The number of amides is 2. The van der Waals surface area contributed by atoms with E-state index >= 15 is 0 Å². The minimum atomic E-state index is -0.160. The summed E-state index contributed by atoms with van der Waals surface area (Å²) in [5.74, 6) is 0. The fourth-order valence-electron chi connectivity index (χ4n) is 3.47. The quantitative estimate of drug-likeness (QED) is 0.879. The van der Waals surface area contributed by atoms with Crippen LogP contribution >= 0.6 is 0 Å². The Morgan fingerprint density at radius 3 is 2.68 bits per heavy atom. The van der Waals surface area contributed by atoms with E-state index in [1.807, 2.05) is 33.2 Å². The lowest BCUT2D eigenvalue weighted by atomic mass is 10.1. The highest BCUT2D eigenvalue weighted by Gasteiger charge is 2.17. The van der Waals surface area contributed by atoms with Crippen LogP contribution in [0.25, 0.3) is 0 Å². The number of hydrogen-bond donors (Lipinski definition) is 2. The van der Waals surface area contributed by atoms with Crippen molar-refractivity contribution < 1.29 is 4.79 Å². The summed E-state index contributed by atoms with van der Waals surface area (Å²) in [5.41, 5.74) is 4.37. The Morgan fingerprint density at radius 2 is 2.00 bits per heavy atom. The van der Waals surface area contributed by atoms with Gasteiger partial charge in [0.25, 0.3) is 0 Å². The van der Waals surface area contributed by atoms with Crippen molar-refractivity contribution in [2.24, 2.45) is 7.05 Å². The number of nitrogens with zero attached hydrogens (tertiary/aromatic N) is 3. The number of carbonyl (C=O) groups is 1. The topological polar surface area (TPSA) is 62.2 Å². The molecule has 1 saturated heterocycles. The first-order chi connectivity index (χ1) is 12.0. The highest BCUT2D eigenvalue weighted by atomic mass is 16.2. The van der Waals surface area contributed by atoms with Crippen molar-refractivity contribution in [1.29, 1.82) is 0 Å². The minimum Gasteiger partial charge on any atom is -0.371 e. The molecule has 134 valence electrons. The largest absolute Gasteiger partial charge is 0.371 e. The average Bonchev–Trinajstić information content (AvgIpc) is 3.22.